The van der Waals surface area contributed by atoms with E-state index in [4.69, 9.17) is 4.74 Å². The number of nitrogens with zero attached hydrogens (tertiary/aromatic N) is 3. The summed E-state index contributed by atoms with van der Waals surface area (Å²) in [5, 5.41) is 4.34. The Hall–Kier alpha value is -0.550. The number of ether oxygens (including phenoxy) is 1. The van der Waals surface area contributed by atoms with E-state index in [1.165, 1.54) is 0 Å². The average molecular weight is 246 g/mol. The number of aryl methyl sites for hydroxylation is 1. The summed E-state index contributed by atoms with van der Waals surface area (Å²) in [6.07, 6.45) is 2.32. The zero-order chi connectivity index (χ0) is 9.42. The normalized spacial score (nSPS) is 17.6. The topological polar surface area (TPSA) is 30.3 Å². The first kappa shape index (κ1) is 9.02. The summed E-state index contributed by atoms with van der Waals surface area (Å²) >= 11 is 3.47. The zero-order valence-corrected chi connectivity index (χ0v) is 9.28. The molecule has 1 aromatic rings. The fourth-order valence-electron chi connectivity index (χ4n) is 1.42. The van der Waals surface area contributed by atoms with Crippen LogP contribution in [-0.4, -0.2) is 36.1 Å². The second-order valence-corrected chi connectivity index (χ2v) is 4.09. The highest BCUT2D eigenvalue weighted by Gasteiger charge is 2.29. The highest BCUT2D eigenvalue weighted by molar-refractivity contribution is 9.10. The third kappa shape index (κ3) is 1.58. The summed E-state index contributed by atoms with van der Waals surface area (Å²) in [7, 11) is 3.66. The van der Waals surface area contributed by atoms with Gasteiger partial charge in [0, 0.05) is 33.4 Å². The Morgan fingerprint density at radius 2 is 2.31 bits per heavy atom. The fraction of sp³-hybridized carbons (Fsp3) is 0.625. The monoisotopic (exact) mass is 245 g/mol. The van der Waals surface area contributed by atoms with E-state index in [9.17, 15) is 0 Å². The molecule has 1 aliphatic rings. The van der Waals surface area contributed by atoms with Crippen molar-refractivity contribution < 1.29 is 4.74 Å². The standard InChI is InChI=1S/C8H12BrN3O/c1-11-5-7(9)8(10-11)12-3-6(4-12)13-2/h5-6H,3-4H2,1-2H3. The quantitative estimate of drug-likeness (QED) is 0.780. The summed E-state index contributed by atoms with van der Waals surface area (Å²) in [4.78, 5) is 2.19. The van der Waals surface area contributed by atoms with Crippen molar-refractivity contribution in [3.63, 3.8) is 0 Å². The van der Waals surface area contributed by atoms with Gasteiger partial charge >= 0.3 is 0 Å². The van der Waals surface area contributed by atoms with Crippen molar-refractivity contribution in [3.8, 4) is 0 Å². The summed E-state index contributed by atoms with van der Waals surface area (Å²) < 4.78 is 8.04. The molecule has 0 radical (unpaired) electrons. The van der Waals surface area contributed by atoms with Crippen LogP contribution in [0.5, 0.6) is 0 Å². The van der Waals surface area contributed by atoms with E-state index >= 15 is 0 Å². The van der Waals surface area contributed by atoms with Crippen LogP contribution in [0.1, 0.15) is 0 Å². The summed E-state index contributed by atoms with van der Waals surface area (Å²) in [6, 6.07) is 0. The molecule has 2 heterocycles. The molecule has 1 fully saturated rings. The first-order valence-electron chi connectivity index (χ1n) is 4.17. The Morgan fingerprint density at radius 1 is 1.62 bits per heavy atom. The van der Waals surface area contributed by atoms with E-state index in [-0.39, 0.29) is 0 Å². The minimum absolute atomic E-state index is 0.369. The van der Waals surface area contributed by atoms with E-state index < -0.39 is 0 Å². The average Bonchev–Trinajstić information content (AvgIpc) is 2.29. The van der Waals surface area contributed by atoms with Crippen LogP contribution >= 0.6 is 15.9 Å². The van der Waals surface area contributed by atoms with Crippen molar-refractivity contribution >= 4 is 21.7 Å². The molecule has 4 nitrogen and oxygen atoms in total. The lowest BCUT2D eigenvalue weighted by Gasteiger charge is -2.38. The molecule has 13 heavy (non-hydrogen) atoms. The maximum absolute atomic E-state index is 5.19. The molecule has 0 unspecified atom stereocenters. The Morgan fingerprint density at radius 3 is 2.77 bits per heavy atom. The van der Waals surface area contributed by atoms with Gasteiger partial charge in [-0.1, -0.05) is 0 Å². The third-order valence-electron chi connectivity index (χ3n) is 2.25. The smallest absolute Gasteiger partial charge is 0.165 e. The van der Waals surface area contributed by atoms with Crippen LogP contribution in [0.25, 0.3) is 0 Å². The molecule has 0 spiro atoms. The van der Waals surface area contributed by atoms with E-state index in [0.29, 0.717) is 6.10 Å². The maximum Gasteiger partial charge on any atom is 0.165 e. The van der Waals surface area contributed by atoms with E-state index in [1.54, 1.807) is 11.8 Å². The number of rotatable bonds is 2. The minimum Gasteiger partial charge on any atom is -0.378 e. The van der Waals surface area contributed by atoms with Gasteiger partial charge in [0.1, 0.15) is 0 Å². The summed E-state index contributed by atoms with van der Waals surface area (Å²) in [6.45, 7) is 1.87. The first-order chi connectivity index (χ1) is 6.20. The molecule has 0 aliphatic carbocycles. The van der Waals surface area contributed by atoms with Crippen molar-refractivity contribution in [1.29, 1.82) is 0 Å². The van der Waals surface area contributed by atoms with Crippen LogP contribution in [0.3, 0.4) is 0 Å². The van der Waals surface area contributed by atoms with Crippen LogP contribution in [-0.2, 0) is 11.8 Å². The molecule has 5 heteroatoms. The molecule has 0 saturated carbocycles. The SMILES string of the molecule is COC1CN(c2nn(C)cc2Br)C1. The Labute approximate surface area is 85.6 Å². The van der Waals surface area contributed by atoms with E-state index in [1.807, 2.05) is 13.2 Å². The van der Waals surface area contributed by atoms with Gasteiger partial charge in [-0.2, -0.15) is 5.10 Å². The second-order valence-electron chi connectivity index (χ2n) is 3.24. The lowest BCUT2D eigenvalue weighted by molar-refractivity contribution is 0.0782. The Bertz CT molecular complexity index is 306. The van der Waals surface area contributed by atoms with Crippen LogP contribution in [0.2, 0.25) is 0 Å². The summed E-state index contributed by atoms with van der Waals surface area (Å²) in [5.41, 5.74) is 0. The number of halogens is 1. The van der Waals surface area contributed by atoms with Crippen molar-refractivity contribution in [2.45, 2.75) is 6.10 Å². The minimum atomic E-state index is 0.369. The number of hydrogen-bond acceptors (Lipinski definition) is 3. The van der Waals surface area contributed by atoms with Gasteiger partial charge in [0.15, 0.2) is 5.82 Å². The highest BCUT2D eigenvalue weighted by Crippen LogP contribution is 2.28. The molecule has 2 rings (SSSR count). The molecule has 0 bridgehead atoms. The molecule has 72 valence electrons. The molecule has 1 aromatic heterocycles. The third-order valence-corrected chi connectivity index (χ3v) is 2.81. The number of anilines is 1. The van der Waals surface area contributed by atoms with Crippen molar-refractivity contribution in [2.24, 2.45) is 7.05 Å². The van der Waals surface area contributed by atoms with Crippen LogP contribution < -0.4 is 4.90 Å². The number of aromatic nitrogens is 2. The van der Waals surface area contributed by atoms with Crippen molar-refractivity contribution in [3.05, 3.63) is 10.7 Å². The van der Waals surface area contributed by atoms with Gasteiger partial charge in [-0.3, -0.25) is 4.68 Å². The number of hydrogen-bond donors (Lipinski definition) is 0. The second kappa shape index (κ2) is 3.31. The van der Waals surface area contributed by atoms with Gasteiger partial charge in [0.2, 0.25) is 0 Å². The Kier molecular flexibility index (Phi) is 2.29. The Balaban J connectivity index is 2.06. The predicted octanol–water partition coefficient (Wildman–Crippen LogP) is 1.02. The molecule has 0 amide bonds. The van der Waals surface area contributed by atoms with E-state index in [2.05, 4.69) is 25.9 Å². The molecule has 0 aromatic carbocycles. The fourth-order valence-corrected chi connectivity index (χ4v) is 2.05. The highest BCUT2D eigenvalue weighted by atomic mass is 79.9. The van der Waals surface area contributed by atoms with Crippen LogP contribution in [0.15, 0.2) is 10.7 Å². The number of methoxy groups -OCH3 is 1. The summed E-state index contributed by atoms with van der Waals surface area (Å²) in [5.74, 6) is 1.01. The molecule has 1 saturated heterocycles. The van der Waals surface area contributed by atoms with Gasteiger partial charge in [-0.15, -0.1) is 0 Å². The van der Waals surface area contributed by atoms with E-state index in [0.717, 1.165) is 23.4 Å². The largest absolute Gasteiger partial charge is 0.378 e. The van der Waals surface area contributed by atoms with Gasteiger partial charge in [0.05, 0.1) is 10.6 Å². The van der Waals surface area contributed by atoms with Gasteiger partial charge < -0.3 is 9.64 Å². The first-order valence-corrected chi connectivity index (χ1v) is 4.97. The molecule has 0 atom stereocenters. The lowest BCUT2D eigenvalue weighted by atomic mass is 10.2. The van der Waals surface area contributed by atoms with Crippen LogP contribution in [0.4, 0.5) is 5.82 Å². The van der Waals surface area contributed by atoms with Crippen molar-refractivity contribution in [1.82, 2.24) is 9.78 Å². The zero-order valence-electron chi connectivity index (χ0n) is 7.70. The lowest BCUT2D eigenvalue weighted by Crippen LogP contribution is -2.52. The van der Waals surface area contributed by atoms with Gasteiger partial charge in [-0.25, -0.2) is 0 Å². The van der Waals surface area contributed by atoms with Crippen LogP contribution in [0, 0.1) is 0 Å². The maximum atomic E-state index is 5.19. The molecule has 0 N–H and O–H groups in total. The predicted molar refractivity (Wildman–Crippen MR) is 53.9 cm³/mol. The van der Waals surface area contributed by atoms with Gasteiger partial charge in [-0.05, 0) is 15.9 Å². The molecular formula is C8H12BrN3O. The molecular weight excluding hydrogens is 234 g/mol. The molecule has 1 aliphatic heterocycles. The van der Waals surface area contributed by atoms with Gasteiger partial charge in [0.25, 0.3) is 0 Å². The van der Waals surface area contributed by atoms with Crippen molar-refractivity contribution in [2.75, 3.05) is 25.1 Å².